The van der Waals surface area contributed by atoms with E-state index in [1.165, 1.54) is 63.6 Å². The molecule has 1 atom stereocenters. The number of hydrogen-bond donors (Lipinski definition) is 1. The normalized spacial score (nSPS) is 11.8. The lowest BCUT2D eigenvalue weighted by molar-refractivity contribution is -0.139. The molecule has 0 radical (unpaired) electrons. The van der Waals surface area contributed by atoms with E-state index < -0.39 is 34.4 Å². The molecule has 0 saturated heterocycles. The first-order valence-corrected chi connectivity index (χ1v) is 14.4. The minimum atomic E-state index is -4.41. The molecule has 41 heavy (non-hydrogen) atoms. The SMILES string of the molecule is CNC(=O)[C@H](C)N(Cc1cccc(C)c1)C(=O)CN(c1cc(Cl)ccc1OC)S(=O)(=O)c1ccc(OC)c(OC)c1. The smallest absolute Gasteiger partial charge is 0.265 e. The fourth-order valence-electron chi connectivity index (χ4n) is 4.27. The van der Waals surface area contributed by atoms with Gasteiger partial charge in [0, 0.05) is 24.7 Å². The molecule has 3 aromatic rings. The number of sulfonamides is 1. The van der Waals surface area contributed by atoms with E-state index in [-0.39, 0.29) is 33.6 Å². The maximum atomic E-state index is 14.2. The van der Waals surface area contributed by atoms with E-state index in [0.717, 1.165) is 15.4 Å². The van der Waals surface area contributed by atoms with E-state index >= 15 is 0 Å². The van der Waals surface area contributed by atoms with Gasteiger partial charge in [0.1, 0.15) is 18.3 Å². The fourth-order valence-corrected chi connectivity index (χ4v) is 5.87. The van der Waals surface area contributed by atoms with Crippen LogP contribution in [0.2, 0.25) is 5.02 Å². The van der Waals surface area contributed by atoms with E-state index in [1.54, 1.807) is 13.0 Å². The Morgan fingerprint density at radius 1 is 0.927 bits per heavy atom. The summed E-state index contributed by atoms with van der Waals surface area (Å²) in [6, 6.07) is 15.2. The summed E-state index contributed by atoms with van der Waals surface area (Å²) in [5, 5.41) is 2.79. The Morgan fingerprint density at radius 3 is 2.20 bits per heavy atom. The number of likely N-dealkylation sites (N-methyl/N-ethyl adjacent to an activating group) is 1. The average molecular weight is 604 g/mol. The second-order valence-corrected chi connectivity index (χ2v) is 11.4. The lowest BCUT2D eigenvalue weighted by Crippen LogP contribution is -2.50. The number of rotatable bonds is 12. The number of ether oxygens (including phenoxy) is 3. The van der Waals surface area contributed by atoms with Crippen LogP contribution in [0.4, 0.5) is 5.69 Å². The van der Waals surface area contributed by atoms with Crippen molar-refractivity contribution < 1.29 is 32.2 Å². The van der Waals surface area contributed by atoms with Gasteiger partial charge in [-0.15, -0.1) is 0 Å². The van der Waals surface area contributed by atoms with Gasteiger partial charge in [0.25, 0.3) is 10.0 Å². The minimum absolute atomic E-state index is 0.0474. The monoisotopic (exact) mass is 603 g/mol. The molecule has 0 spiro atoms. The maximum Gasteiger partial charge on any atom is 0.265 e. The number of benzene rings is 3. The van der Waals surface area contributed by atoms with Crippen molar-refractivity contribution in [1.29, 1.82) is 0 Å². The van der Waals surface area contributed by atoms with Crippen molar-refractivity contribution >= 4 is 39.1 Å². The van der Waals surface area contributed by atoms with Crippen LogP contribution >= 0.6 is 11.6 Å². The number of hydrogen-bond acceptors (Lipinski definition) is 7. The summed E-state index contributed by atoms with van der Waals surface area (Å²) in [5.41, 5.74) is 1.80. The van der Waals surface area contributed by atoms with Crippen molar-refractivity contribution in [2.75, 3.05) is 39.2 Å². The summed E-state index contributed by atoms with van der Waals surface area (Å²) < 4.78 is 45.3. The first-order chi connectivity index (χ1) is 19.5. The van der Waals surface area contributed by atoms with Gasteiger partial charge in [-0.25, -0.2) is 8.42 Å². The van der Waals surface area contributed by atoms with Crippen molar-refractivity contribution in [3.8, 4) is 17.2 Å². The largest absolute Gasteiger partial charge is 0.495 e. The van der Waals surface area contributed by atoms with Crippen LogP contribution < -0.4 is 23.8 Å². The lowest BCUT2D eigenvalue weighted by atomic mass is 10.1. The molecule has 0 aliphatic heterocycles. The van der Waals surface area contributed by atoms with Crippen LogP contribution in [0, 0.1) is 6.92 Å². The maximum absolute atomic E-state index is 14.2. The highest BCUT2D eigenvalue weighted by Crippen LogP contribution is 2.37. The molecule has 1 N–H and O–H groups in total. The number of nitrogens with zero attached hydrogens (tertiary/aromatic N) is 2. The van der Waals surface area contributed by atoms with Gasteiger partial charge >= 0.3 is 0 Å². The van der Waals surface area contributed by atoms with Gasteiger partial charge in [-0.05, 0) is 49.7 Å². The summed E-state index contributed by atoms with van der Waals surface area (Å²) in [7, 11) is 1.27. The van der Waals surface area contributed by atoms with Crippen molar-refractivity contribution in [1.82, 2.24) is 10.2 Å². The quantitative estimate of drug-likeness (QED) is 0.332. The van der Waals surface area contributed by atoms with Gasteiger partial charge in [0.2, 0.25) is 11.8 Å². The second-order valence-electron chi connectivity index (χ2n) is 9.15. The van der Waals surface area contributed by atoms with E-state index in [1.807, 2.05) is 31.2 Å². The van der Waals surface area contributed by atoms with E-state index in [0.29, 0.717) is 5.75 Å². The molecular weight excluding hydrogens is 570 g/mol. The topological polar surface area (TPSA) is 114 Å². The lowest BCUT2D eigenvalue weighted by Gasteiger charge is -2.32. The number of aryl methyl sites for hydroxylation is 1. The highest BCUT2D eigenvalue weighted by Gasteiger charge is 2.34. The molecule has 0 aliphatic carbocycles. The third kappa shape index (κ3) is 7.22. The molecule has 0 fully saturated rings. The second kappa shape index (κ2) is 13.6. The van der Waals surface area contributed by atoms with E-state index in [9.17, 15) is 18.0 Å². The first kappa shape index (κ1) is 31.6. The molecule has 0 aliphatic rings. The third-order valence-electron chi connectivity index (χ3n) is 6.48. The number of carbonyl (C=O) groups excluding carboxylic acids is 2. The Balaban J connectivity index is 2.15. The minimum Gasteiger partial charge on any atom is -0.495 e. The molecule has 3 rings (SSSR count). The van der Waals surface area contributed by atoms with Gasteiger partial charge in [-0.2, -0.15) is 0 Å². The number of anilines is 1. The number of carbonyl (C=O) groups is 2. The predicted molar refractivity (Wildman–Crippen MR) is 157 cm³/mol. The Labute approximate surface area is 245 Å². The fraction of sp³-hybridized carbons (Fsp3) is 0.310. The molecule has 10 nitrogen and oxygen atoms in total. The van der Waals surface area contributed by atoms with E-state index in [2.05, 4.69) is 5.32 Å². The standard InChI is InChI=1S/C29H34ClN3O7S/c1-19-8-7-9-21(14-19)17-32(20(2)29(35)31-3)28(34)18-33(24-15-22(30)10-12-25(24)38-4)41(36,37)23-11-13-26(39-5)27(16-23)40-6/h7-16,20H,17-18H2,1-6H3,(H,31,35)/t20-/m0/s1. The molecule has 0 bridgehead atoms. The van der Waals surface area contributed by atoms with Crippen molar-refractivity contribution in [3.05, 3.63) is 76.8 Å². The molecular formula is C29H34ClN3O7S. The zero-order valence-electron chi connectivity index (χ0n) is 23.8. The molecule has 12 heteroatoms. The predicted octanol–water partition coefficient (Wildman–Crippen LogP) is 4.03. The van der Waals surface area contributed by atoms with Crippen LogP contribution in [0.25, 0.3) is 0 Å². The van der Waals surface area contributed by atoms with Gasteiger partial charge in [0.05, 0.1) is 31.9 Å². The van der Waals surface area contributed by atoms with Gasteiger partial charge in [0.15, 0.2) is 11.5 Å². The summed E-state index contributed by atoms with van der Waals surface area (Å²) in [6.07, 6.45) is 0. The van der Waals surface area contributed by atoms with Gasteiger partial charge in [-0.1, -0.05) is 41.4 Å². The number of amides is 2. The summed E-state index contributed by atoms with van der Waals surface area (Å²) in [4.78, 5) is 27.8. The average Bonchev–Trinajstić information content (AvgIpc) is 2.97. The summed E-state index contributed by atoms with van der Waals surface area (Å²) in [6.45, 7) is 2.92. The number of methoxy groups -OCH3 is 3. The highest BCUT2D eigenvalue weighted by molar-refractivity contribution is 7.92. The Hall–Kier alpha value is -3.96. The highest BCUT2D eigenvalue weighted by atomic mass is 35.5. The zero-order chi connectivity index (χ0) is 30.3. The van der Waals surface area contributed by atoms with Crippen molar-refractivity contribution in [3.63, 3.8) is 0 Å². The summed E-state index contributed by atoms with van der Waals surface area (Å²) in [5.74, 6) is -0.324. The number of halogens is 1. The van der Waals surface area contributed by atoms with Gasteiger partial charge < -0.3 is 24.4 Å². The van der Waals surface area contributed by atoms with E-state index in [4.69, 9.17) is 25.8 Å². The Bertz CT molecular complexity index is 1510. The summed E-state index contributed by atoms with van der Waals surface area (Å²) >= 11 is 6.27. The van der Waals surface area contributed by atoms with Crippen molar-refractivity contribution in [2.45, 2.75) is 31.3 Å². The van der Waals surface area contributed by atoms with Crippen LogP contribution in [0.3, 0.4) is 0 Å². The Kier molecular flexibility index (Phi) is 10.5. The van der Waals surface area contributed by atoms with Crippen LogP contribution in [-0.2, 0) is 26.2 Å². The number of nitrogens with one attached hydrogen (secondary N) is 1. The molecule has 0 unspecified atom stereocenters. The van der Waals surface area contributed by atoms with Crippen LogP contribution in [0.5, 0.6) is 17.2 Å². The van der Waals surface area contributed by atoms with Crippen molar-refractivity contribution in [2.24, 2.45) is 0 Å². The zero-order valence-corrected chi connectivity index (χ0v) is 25.4. The molecule has 0 saturated carbocycles. The molecule has 3 aromatic carbocycles. The molecule has 2 amide bonds. The molecule has 0 heterocycles. The molecule has 220 valence electrons. The molecule has 0 aromatic heterocycles. The first-order valence-electron chi connectivity index (χ1n) is 12.6. The van der Waals surface area contributed by atoms with Crippen LogP contribution in [-0.4, -0.2) is 66.1 Å². The van der Waals surface area contributed by atoms with Crippen LogP contribution in [0.1, 0.15) is 18.1 Å². The van der Waals surface area contributed by atoms with Gasteiger partial charge in [-0.3, -0.25) is 13.9 Å². The third-order valence-corrected chi connectivity index (χ3v) is 8.47. The Morgan fingerprint density at radius 2 is 1.59 bits per heavy atom. The van der Waals surface area contributed by atoms with Crippen LogP contribution in [0.15, 0.2) is 65.6 Å².